The Morgan fingerprint density at radius 2 is 1.70 bits per heavy atom. The molecule has 1 aliphatic heterocycles. The highest BCUT2D eigenvalue weighted by Crippen LogP contribution is 2.23. The number of benzene rings is 2. The van der Waals surface area contributed by atoms with Crippen LogP contribution in [0.25, 0.3) is 5.69 Å². The molecule has 2 amide bonds. The van der Waals surface area contributed by atoms with Gasteiger partial charge in [-0.1, -0.05) is 23.2 Å². The fourth-order valence-corrected chi connectivity index (χ4v) is 4.05. The van der Waals surface area contributed by atoms with Crippen LogP contribution in [0.2, 0.25) is 10.0 Å². The number of hydrogen-bond acceptors (Lipinski definition) is 4. The lowest BCUT2D eigenvalue weighted by Crippen LogP contribution is -2.42. The number of H-pyrrole nitrogens is 1. The van der Waals surface area contributed by atoms with E-state index in [0.717, 1.165) is 4.57 Å². The first-order valence-electron chi connectivity index (χ1n) is 10.00. The van der Waals surface area contributed by atoms with Crippen molar-refractivity contribution in [3.63, 3.8) is 0 Å². The molecule has 0 unspecified atom stereocenters. The Bertz CT molecular complexity index is 1450. The van der Waals surface area contributed by atoms with E-state index in [-0.39, 0.29) is 29.8 Å². The zero-order valence-corrected chi connectivity index (χ0v) is 19.3. The van der Waals surface area contributed by atoms with Crippen molar-refractivity contribution in [1.29, 1.82) is 0 Å². The number of fused-ring (bicyclic) bond motifs is 1. The minimum absolute atomic E-state index is 0.0428. The van der Waals surface area contributed by atoms with E-state index < -0.39 is 11.2 Å². The van der Waals surface area contributed by atoms with Crippen molar-refractivity contribution in [2.75, 3.05) is 7.05 Å². The minimum Gasteiger partial charge on any atom is -0.355 e. The van der Waals surface area contributed by atoms with Gasteiger partial charge in [0.15, 0.2) is 12.3 Å². The van der Waals surface area contributed by atoms with E-state index in [1.54, 1.807) is 19.1 Å². The van der Waals surface area contributed by atoms with Gasteiger partial charge in [0.1, 0.15) is 0 Å². The van der Waals surface area contributed by atoms with Crippen molar-refractivity contribution in [3.8, 4) is 5.69 Å². The monoisotopic (exact) mass is 485 g/mol. The summed E-state index contributed by atoms with van der Waals surface area (Å²) >= 11 is 12.0. The Kier molecular flexibility index (Phi) is 6.05. The van der Waals surface area contributed by atoms with Gasteiger partial charge in [0.2, 0.25) is 0 Å². The van der Waals surface area contributed by atoms with Gasteiger partial charge in [-0.2, -0.15) is 4.58 Å². The molecule has 2 heterocycles. The Morgan fingerprint density at radius 3 is 2.33 bits per heavy atom. The molecule has 33 heavy (non-hydrogen) atoms. The fourth-order valence-electron chi connectivity index (χ4n) is 3.75. The summed E-state index contributed by atoms with van der Waals surface area (Å²) in [5.74, 6) is -0.586. The van der Waals surface area contributed by atoms with E-state index in [1.165, 1.54) is 42.0 Å². The average molecular weight is 486 g/mol. The van der Waals surface area contributed by atoms with Crippen LogP contribution >= 0.6 is 23.2 Å². The topological polar surface area (TPSA) is 104 Å². The first-order valence-corrected chi connectivity index (χ1v) is 10.8. The first-order chi connectivity index (χ1) is 15.7. The van der Waals surface area contributed by atoms with Crippen molar-refractivity contribution < 1.29 is 14.2 Å². The summed E-state index contributed by atoms with van der Waals surface area (Å²) in [6, 6.07) is 10.7. The molecule has 0 saturated carbocycles. The molecule has 0 fully saturated rings. The Morgan fingerprint density at radius 1 is 1.03 bits per heavy atom. The fraction of sp³-hybridized carbons (Fsp3) is 0.174. The number of nitrogens with zero attached hydrogens (tertiary/aromatic N) is 2. The molecule has 0 saturated heterocycles. The highest BCUT2D eigenvalue weighted by Gasteiger charge is 2.32. The van der Waals surface area contributed by atoms with Crippen LogP contribution in [-0.4, -0.2) is 38.7 Å². The van der Waals surface area contributed by atoms with Crippen LogP contribution in [0.3, 0.4) is 0 Å². The normalized spacial score (nSPS) is 13.0. The second-order valence-corrected chi connectivity index (χ2v) is 8.40. The van der Waals surface area contributed by atoms with Gasteiger partial charge >= 0.3 is 11.6 Å². The number of aromatic nitrogens is 2. The summed E-state index contributed by atoms with van der Waals surface area (Å²) < 4.78 is 2.52. The van der Waals surface area contributed by atoms with Gasteiger partial charge in [0.05, 0.1) is 39.0 Å². The SMILES string of the molecule is CNC(=O)c1ccc(-n2c(=O)[nH]c3c(c2=O)CC(C)=[N+](C(=O)c2ccc(Cl)c(Cl)c2)C3)cc1. The van der Waals surface area contributed by atoms with Crippen molar-refractivity contribution in [1.82, 2.24) is 14.9 Å². The van der Waals surface area contributed by atoms with Gasteiger partial charge in [0, 0.05) is 19.5 Å². The number of nitrogens with one attached hydrogen (secondary N) is 2. The molecule has 1 aliphatic rings. The van der Waals surface area contributed by atoms with Crippen molar-refractivity contribution >= 4 is 40.7 Å². The lowest BCUT2D eigenvalue weighted by Gasteiger charge is -2.16. The molecule has 0 radical (unpaired) electrons. The third-order valence-corrected chi connectivity index (χ3v) is 6.26. The molecule has 2 N–H and O–H groups in total. The molecule has 8 nitrogen and oxygen atoms in total. The third kappa shape index (κ3) is 4.15. The molecule has 0 atom stereocenters. The maximum Gasteiger partial charge on any atom is 0.419 e. The summed E-state index contributed by atoms with van der Waals surface area (Å²) in [5.41, 5.74) is 1.43. The van der Waals surface area contributed by atoms with E-state index in [2.05, 4.69) is 10.3 Å². The summed E-state index contributed by atoms with van der Waals surface area (Å²) in [4.78, 5) is 53.5. The van der Waals surface area contributed by atoms with Crippen molar-refractivity contribution in [2.24, 2.45) is 0 Å². The van der Waals surface area contributed by atoms with Crippen LogP contribution in [0.15, 0.2) is 52.1 Å². The molecule has 168 valence electrons. The number of carbonyl (C=O) groups is 2. The van der Waals surface area contributed by atoms with E-state index >= 15 is 0 Å². The number of halogens is 2. The smallest absolute Gasteiger partial charge is 0.355 e. The van der Waals surface area contributed by atoms with Gasteiger partial charge in [-0.3, -0.25) is 9.59 Å². The molecule has 1 aromatic heterocycles. The van der Waals surface area contributed by atoms with Crippen LogP contribution in [0, 0.1) is 0 Å². The summed E-state index contributed by atoms with van der Waals surface area (Å²) in [6.07, 6.45) is 0.189. The second-order valence-electron chi connectivity index (χ2n) is 7.59. The minimum atomic E-state index is -0.632. The molecule has 0 bridgehead atoms. The summed E-state index contributed by atoms with van der Waals surface area (Å²) in [6.45, 7) is 1.80. The van der Waals surface area contributed by atoms with Gasteiger partial charge in [-0.25, -0.2) is 14.2 Å². The van der Waals surface area contributed by atoms with Crippen LogP contribution in [0.5, 0.6) is 0 Å². The molecular formula is C23H19Cl2N4O4+. The van der Waals surface area contributed by atoms with Crippen LogP contribution < -0.4 is 16.6 Å². The standard InChI is InChI=1S/C23H18Cl2N4O4/c1-12-9-16-19(11-28(12)21(31)14-5-8-17(24)18(25)10-14)27-23(33)29(22(16)32)15-6-3-13(4-7-15)20(30)26-2/h3-8,10H,9,11H2,1-2H3,(H-,26,27,30,32,33)/p+1. The maximum atomic E-state index is 13.2. The highest BCUT2D eigenvalue weighted by atomic mass is 35.5. The number of carbonyl (C=O) groups excluding carboxylic acids is 2. The van der Waals surface area contributed by atoms with E-state index in [4.69, 9.17) is 23.2 Å². The predicted octanol–water partition coefficient (Wildman–Crippen LogP) is 2.56. The first kappa shape index (κ1) is 22.7. The third-order valence-electron chi connectivity index (χ3n) is 5.52. The van der Waals surface area contributed by atoms with Gasteiger partial charge in [-0.05, 0) is 42.5 Å². The number of hydrogen-bond donors (Lipinski definition) is 2. The Balaban J connectivity index is 1.72. The summed E-state index contributed by atoms with van der Waals surface area (Å²) in [5, 5.41) is 3.12. The van der Waals surface area contributed by atoms with Crippen molar-refractivity contribution in [2.45, 2.75) is 19.9 Å². The molecule has 0 spiro atoms. The molecule has 10 heteroatoms. The zero-order chi connectivity index (χ0) is 23.9. The molecule has 2 aromatic carbocycles. The Hall–Kier alpha value is -3.49. The summed E-state index contributed by atoms with van der Waals surface area (Å²) in [7, 11) is 1.52. The maximum absolute atomic E-state index is 13.2. The van der Waals surface area contributed by atoms with Gasteiger partial charge in [-0.15, -0.1) is 0 Å². The molecular weight excluding hydrogens is 467 g/mol. The van der Waals surface area contributed by atoms with E-state index in [9.17, 15) is 19.2 Å². The number of amides is 2. The Labute approximate surface area is 198 Å². The number of rotatable bonds is 3. The quantitative estimate of drug-likeness (QED) is 0.556. The van der Waals surface area contributed by atoms with Crippen LogP contribution in [0.1, 0.15) is 38.9 Å². The van der Waals surface area contributed by atoms with Crippen LogP contribution in [0.4, 0.5) is 0 Å². The van der Waals surface area contributed by atoms with Crippen LogP contribution in [-0.2, 0) is 13.0 Å². The van der Waals surface area contributed by atoms with E-state index in [0.29, 0.717) is 38.8 Å². The second kappa shape index (κ2) is 8.80. The highest BCUT2D eigenvalue weighted by molar-refractivity contribution is 6.42. The molecule has 3 aromatic rings. The molecule has 0 aliphatic carbocycles. The van der Waals surface area contributed by atoms with E-state index in [1.807, 2.05) is 0 Å². The van der Waals surface area contributed by atoms with Gasteiger partial charge < -0.3 is 10.3 Å². The lowest BCUT2D eigenvalue weighted by atomic mass is 10.0. The average Bonchev–Trinajstić information content (AvgIpc) is 2.80. The number of aromatic amines is 1. The predicted molar refractivity (Wildman–Crippen MR) is 125 cm³/mol. The lowest BCUT2D eigenvalue weighted by molar-refractivity contribution is -0.450. The largest absolute Gasteiger partial charge is 0.419 e. The molecule has 4 rings (SSSR count). The van der Waals surface area contributed by atoms with Gasteiger partial charge in [0.25, 0.3) is 11.5 Å². The zero-order valence-electron chi connectivity index (χ0n) is 17.7. The van der Waals surface area contributed by atoms with Crippen molar-refractivity contribution in [3.05, 3.63) is 95.7 Å².